The van der Waals surface area contributed by atoms with Gasteiger partial charge in [-0.15, -0.1) is 0 Å². The smallest absolute Gasteiger partial charge is 0.112 e. The predicted octanol–water partition coefficient (Wildman–Crippen LogP) is 1.48. The van der Waals surface area contributed by atoms with Gasteiger partial charge in [-0.3, -0.25) is 0 Å². The molecular weight excluding hydrogens is 178 g/mol. The molecule has 0 amide bonds. The minimum Gasteiger partial charge on any atom is -0.381 e. The first kappa shape index (κ1) is 11.7. The highest BCUT2D eigenvalue weighted by atomic mass is 16.5. The number of rotatable bonds is 5. The Morgan fingerprint density at radius 3 is 2.86 bits per heavy atom. The Bertz CT molecular complexity index is 180. The van der Waals surface area contributed by atoms with Crippen molar-refractivity contribution in [1.82, 2.24) is 0 Å². The SMILES string of the molecule is C=C(CCN)C1(COC)CCCCO1. The Balaban J connectivity index is 2.63. The van der Waals surface area contributed by atoms with Gasteiger partial charge in [0.2, 0.25) is 0 Å². The molecule has 1 unspecified atom stereocenters. The van der Waals surface area contributed by atoms with Crippen molar-refractivity contribution >= 4 is 0 Å². The van der Waals surface area contributed by atoms with Crippen molar-refractivity contribution in [1.29, 1.82) is 0 Å². The van der Waals surface area contributed by atoms with Crippen LogP contribution in [0, 0.1) is 0 Å². The van der Waals surface area contributed by atoms with Crippen LogP contribution in [-0.2, 0) is 9.47 Å². The lowest BCUT2D eigenvalue weighted by Gasteiger charge is -2.38. The van der Waals surface area contributed by atoms with E-state index in [-0.39, 0.29) is 5.60 Å². The maximum atomic E-state index is 5.84. The molecule has 0 radical (unpaired) electrons. The van der Waals surface area contributed by atoms with E-state index in [0.717, 1.165) is 31.4 Å². The summed E-state index contributed by atoms with van der Waals surface area (Å²) in [4.78, 5) is 0. The Kier molecular flexibility index (Phi) is 4.58. The van der Waals surface area contributed by atoms with E-state index in [1.165, 1.54) is 6.42 Å². The van der Waals surface area contributed by atoms with Gasteiger partial charge < -0.3 is 15.2 Å². The summed E-state index contributed by atoms with van der Waals surface area (Å²) in [6.45, 7) is 6.12. The second kappa shape index (κ2) is 5.49. The minimum absolute atomic E-state index is 0.258. The molecule has 3 nitrogen and oxygen atoms in total. The molecule has 1 fully saturated rings. The van der Waals surface area contributed by atoms with E-state index < -0.39 is 0 Å². The molecule has 1 saturated heterocycles. The normalized spacial score (nSPS) is 27.6. The molecule has 1 heterocycles. The molecule has 0 aromatic rings. The molecule has 0 aromatic heterocycles. The van der Waals surface area contributed by atoms with Gasteiger partial charge in [-0.25, -0.2) is 0 Å². The molecule has 82 valence electrons. The number of hydrogen-bond donors (Lipinski definition) is 1. The van der Waals surface area contributed by atoms with Crippen molar-refractivity contribution in [3.05, 3.63) is 12.2 Å². The Labute approximate surface area is 86.3 Å². The van der Waals surface area contributed by atoms with Crippen molar-refractivity contribution in [3.63, 3.8) is 0 Å². The monoisotopic (exact) mass is 199 g/mol. The van der Waals surface area contributed by atoms with Gasteiger partial charge in [0, 0.05) is 13.7 Å². The van der Waals surface area contributed by atoms with Crippen LogP contribution in [0.1, 0.15) is 25.7 Å². The second-order valence-electron chi connectivity index (χ2n) is 3.88. The van der Waals surface area contributed by atoms with Crippen LogP contribution in [0.2, 0.25) is 0 Å². The first-order chi connectivity index (χ1) is 6.75. The van der Waals surface area contributed by atoms with Crippen molar-refractivity contribution in [2.24, 2.45) is 5.73 Å². The molecule has 14 heavy (non-hydrogen) atoms. The van der Waals surface area contributed by atoms with Crippen LogP contribution in [0.3, 0.4) is 0 Å². The lowest BCUT2D eigenvalue weighted by molar-refractivity contribution is -0.0919. The lowest BCUT2D eigenvalue weighted by atomic mass is 9.86. The predicted molar refractivity (Wildman–Crippen MR) is 57.2 cm³/mol. The van der Waals surface area contributed by atoms with Crippen molar-refractivity contribution in [2.75, 3.05) is 26.9 Å². The van der Waals surface area contributed by atoms with Crippen LogP contribution in [0.4, 0.5) is 0 Å². The third kappa shape index (κ3) is 2.56. The summed E-state index contributed by atoms with van der Waals surface area (Å²) in [6.07, 6.45) is 4.16. The Morgan fingerprint density at radius 1 is 1.57 bits per heavy atom. The fraction of sp³-hybridized carbons (Fsp3) is 0.818. The Hall–Kier alpha value is -0.380. The number of hydrogen-bond acceptors (Lipinski definition) is 3. The Morgan fingerprint density at radius 2 is 2.36 bits per heavy atom. The van der Waals surface area contributed by atoms with Crippen molar-refractivity contribution in [3.8, 4) is 0 Å². The molecule has 2 N–H and O–H groups in total. The fourth-order valence-electron chi connectivity index (χ4n) is 1.98. The van der Waals surface area contributed by atoms with Gasteiger partial charge >= 0.3 is 0 Å². The van der Waals surface area contributed by atoms with Gasteiger partial charge in [0.15, 0.2) is 0 Å². The summed E-state index contributed by atoms with van der Waals surface area (Å²) in [5, 5.41) is 0. The molecule has 0 aliphatic carbocycles. The van der Waals surface area contributed by atoms with Crippen LogP contribution in [0.5, 0.6) is 0 Å². The number of nitrogens with two attached hydrogens (primary N) is 1. The van der Waals surface area contributed by atoms with E-state index in [2.05, 4.69) is 6.58 Å². The van der Waals surface area contributed by atoms with Gasteiger partial charge in [-0.2, -0.15) is 0 Å². The van der Waals surface area contributed by atoms with Gasteiger partial charge in [0.1, 0.15) is 5.60 Å². The van der Waals surface area contributed by atoms with E-state index in [0.29, 0.717) is 13.2 Å². The minimum atomic E-state index is -0.258. The van der Waals surface area contributed by atoms with E-state index in [9.17, 15) is 0 Å². The van der Waals surface area contributed by atoms with Crippen molar-refractivity contribution < 1.29 is 9.47 Å². The average molecular weight is 199 g/mol. The largest absolute Gasteiger partial charge is 0.381 e. The van der Waals surface area contributed by atoms with Crippen LogP contribution in [0.15, 0.2) is 12.2 Å². The molecule has 0 aromatic carbocycles. The molecule has 3 heteroatoms. The first-order valence-electron chi connectivity index (χ1n) is 5.26. The van der Waals surface area contributed by atoms with Gasteiger partial charge in [-0.05, 0) is 37.8 Å². The summed E-state index contributed by atoms with van der Waals surface area (Å²) in [7, 11) is 1.70. The van der Waals surface area contributed by atoms with Crippen LogP contribution < -0.4 is 5.73 Å². The molecule has 1 aliphatic rings. The molecule has 0 spiro atoms. The lowest BCUT2D eigenvalue weighted by Crippen LogP contribution is -2.42. The number of methoxy groups -OCH3 is 1. The maximum Gasteiger partial charge on any atom is 0.112 e. The number of ether oxygens (including phenoxy) is 2. The quantitative estimate of drug-likeness (QED) is 0.682. The molecular formula is C11H21NO2. The topological polar surface area (TPSA) is 44.5 Å². The molecule has 0 bridgehead atoms. The summed E-state index contributed by atoms with van der Waals surface area (Å²) in [5.41, 5.74) is 6.36. The zero-order chi connectivity index (χ0) is 10.4. The highest BCUT2D eigenvalue weighted by molar-refractivity contribution is 5.15. The molecule has 1 aliphatic heterocycles. The van der Waals surface area contributed by atoms with E-state index in [4.69, 9.17) is 15.2 Å². The summed E-state index contributed by atoms with van der Waals surface area (Å²) >= 11 is 0. The molecule has 0 saturated carbocycles. The molecule has 1 atom stereocenters. The second-order valence-corrected chi connectivity index (χ2v) is 3.88. The zero-order valence-corrected chi connectivity index (χ0v) is 9.05. The van der Waals surface area contributed by atoms with Crippen LogP contribution in [-0.4, -0.2) is 32.5 Å². The summed E-state index contributed by atoms with van der Waals surface area (Å²) < 4.78 is 11.1. The van der Waals surface area contributed by atoms with Gasteiger partial charge in [0.25, 0.3) is 0 Å². The van der Waals surface area contributed by atoms with Crippen molar-refractivity contribution in [2.45, 2.75) is 31.3 Å². The standard InChI is InChI=1S/C11H21NO2/c1-10(5-7-12)11(9-13-2)6-3-4-8-14-11/h1,3-9,12H2,2H3. The molecule has 1 rings (SSSR count). The third-order valence-corrected chi connectivity index (χ3v) is 2.82. The van der Waals surface area contributed by atoms with Crippen LogP contribution >= 0.6 is 0 Å². The van der Waals surface area contributed by atoms with E-state index >= 15 is 0 Å². The summed E-state index contributed by atoms with van der Waals surface area (Å²) in [6, 6.07) is 0. The fourth-order valence-corrected chi connectivity index (χ4v) is 1.98. The highest BCUT2D eigenvalue weighted by Gasteiger charge is 2.35. The van der Waals surface area contributed by atoms with Crippen LogP contribution in [0.25, 0.3) is 0 Å². The first-order valence-corrected chi connectivity index (χ1v) is 5.26. The summed E-state index contributed by atoms with van der Waals surface area (Å²) in [5.74, 6) is 0. The van der Waals surface area contributed by atoms with E-state index in [1.54, 1.807) is 7.11 Å². The third-order valence-electron chi connectivity index (χ3n) is 2.82. The highest BCUT2D eigenvalue weighted by Crippen LogP contribution is 2.32. The van der Waals surface area contributed by atoms with Gasteiger partial charge in [0.05, 0.1) is 6.61 Å². The van der Waals surface area contributed by atoms with Gasteiger partial charge in [-0.1, -0.05) is 6.58 Å². The van der Waals surface area contributed by atoms with E-state index in [1.807, 2.05) is 0 Å². The zero-order valence-electron chi connectivity index (χ0n) is 9.05. The average Bonchev–Trinajstić information content (AvgIpc) is 2.20. The maximum absolute atomic E-state index is 5.84.